The van der Waals surface area contributed by atoms with Gasteiger partial charge in [-0.25, -0.2) is 4.98 Å². The summed E-state index contributed by atoms with van der Waals surface area (Å²) in [6, 6.07) is 0.654. The van der Waals surface area contributed by atoms with Crippen LogP contribution in [0, 0.1) is 6.92 Å². The molecule has 5 heteroatoms. The fourth-order valence-corrected chi connectivity index (χ4v) is 3.05. The molecular weight excluding hydrogens is 246 g/mol. The van der Waals surface area contributed by atoms with Gasteiger partial charge in [0, 0.05) is 19.1 Å². The van der Waals surface area contributed by atoms with Crippen LogP contribution in [0.5, 0.6) is 0 Å². The SMILES string of the molecule is Cc1ncc(C(=O)NCCN2CCCC[C@@H]2C)s1. The Kier molecular flexibility index (Phi) is 4.72. The number of hydrogen-bond donors (Lipinski definition) is 1. The molecule has 0 unspecified atom stereocenters. The number of nitrogens with zero attached hydrogens (tertiary/aromatic N) is 2. The third kappa shape index (κ3) is 3.53. The molecule has 1 N–H and O–H groups in total. The van der Waals surface area contributed by atoms with Crippen molar-refractivity contribution in [3.05, 3.63) is 16.1 Å². The molecule has 0 radical (unpaired) electrons. The maximum absolute atomic E-state index is 11.8. The van der Waals surface area contributed by atoms with E-state index in [0.717, 1.165) is 24.6 Å². The molecule has 1 aliphatic heterocycles. The molecule has 1 amide bonds. The van der Waals surface area contributed by atoms with Crippen molar-refractivity contribution in [1.29, 1.82) is 0 Å². The highest BCUT2D eigenvalue weighted by Gasteiger charge is 2.17. The van der Waals surface area contributed by atoms with E-state index < -0.39 is 0 Å². The summed E-state index contributed by atoms with van der Waals surface area (Å²) in [6.07, 6.45) is 5.55. The van der Waals surface area contributed by atoms with Crippen molar-refractivity contribution in [2.24, 2.45) is 0 Å². The predicted molar refractivity (Wildman–Crippen MR) is 74.1 cm³/mol. The zero-order chi connectivity index (χ0) is 13.0. The molecule has 1 aromatic rings. The van der Waals surface area contributed by atoms with Gasteiger partial charge in [0.15, 0.2) is 0 Å². The average Bonchev–Trinajstić information content (AvgIpc) is 2.78. The Balaban J connectivity index is 1.73. The van der Waals surface area contributed by atoms with E-state index in [0.29, 0.717) is 10.9 Å². The lowest BCUT2D eigenvalue weighted by Gasteiger charge is -2.33. The number of aryl methyl sites for hydroxylation is 1. The van der Waals surface area contributed by atoms with E-state index in [1.807, 2.05) is 6.92 Å². The first-order chi connectivity index (χ1) is 8.66. The van der Waals surface area contributed by atoms with Gasteiger partial charge in [-0.1, -0.05) is 6.42 Å². The van der Waals surface area contributed by atoms with Crippen LogP contribution < -0.4 is 5.32 Å². The second-order valence-corrected chi connectivity index (χ2v) is 6.11. The minimum absolute atomic E-state index is 0.00487. The van der Waals surface area contributed by atoms with E-state index in [-0.39, 0.29) is 5.91 Å². The second kappa shape index (κ2) is 6.29. The molecule has 1 aromatic heterocycles. The lowest BCUT2D eigenvalue weighted by molar-refractivity contribution is 0.0942. The molecule has 4 nitrogen and oxygen atoms in total. The molecule has 100 valence electrons. The van der Waals surface area contributed by atoms with Gasteiger partial charge in [-0.05, 0) is 33.2 Å². The summed E-state index contributed by atoms with van der Waals surface area (Å²) in [4.78, 5) is 19.1. The Morgan fingerprint density at radius 3 is 3.11 bits per heavy atom. The third-order valence-corrected chi connectivity index (χ3v) is 4.38. The topological polar surface area (TPSA) is 45.2 Å². The molecule has 1 saturated heterocycles. The molecule has 1 fully saturated rings. The van der Waals surface area contributed by atoms with E-state index in [1.54, 1.807) is 6.20 Å². The Hall–Kier alpha value is -0.940. The monoisotopic (exact) mass is 267 g/mol. The number of piperidine rings is 1. The zero-order valence-electron chi connectivity index (χ0n) is 11.1. The van der Waals surface area contributed by atoms with Crippen molar-refractivity contribution in [2.45, 2.75) is 39.2 Å². The Labute approximate surface area is 112 Å². The van der Waals surface area contributed by atoms with Gasteiger partial charge in [-0.3, -0.25) is 9.69 Å². The quantitative estimate of drug-likeness (QED) is 0.908. The minimum Gasteiger partial charge on any atom is -0.350 e. The molecule has 0 aliphatic carbocycles. The summed E-state index contributed by atoms with van der Waals surface area (Å²) in [5.41, 5.74) is 0. The number of hydrogen-bond acceptors (Lipinski definition) is 4. The van der Waals surface area contributed by atoms with Gasteiger partial charge in [0.1, 0.15) is 4.88 Å². The molecule has 2 rings (SSSR count). The second-order valence-electron chi connectivity index (χ2n) is 4.88. The van der Waals surface area contributed by atoms with Crippen LogP contribution in [0.15, 0.2) is 6.20 Å². The van der Waals surface area contributed by atoms with Gasteiger partial charge < -0.3 is 5.32 Å². The number of carbonyl (C=O) groups excluding carboxylic acids is 1. The van der Waals surface area contributed by atoms with Crippen LogP contribution in [0.2, 0.25) is 0 Å². The highest BCUT2D eigenvalue weighted by atomic mass is 32.1. The maximum atomic E-state index is 11.8. The molecule has 0 spiro atoms. The van der Waals surface area contributed by atoms with E-state index in [9.17, 15) is 4.79 Å². The largest absolute Gasteiger partial charge is 0.350 e. The van der Waals surface area contributed by atoms with Gasteiger partial charge >= 0.3 is 0 Å². The highest BCUT2D eigenvalue weighted by molar-refractivity contribution is 7.13. The Bertz CT molecular complexity index is 405. The summed E-state index contributed by atoms with van der Waals surface area (Å²) < 4.78 is 0. The number of amides is 1. The van der Waals surface area contributed by atoms with E-state index in [2.05, 4.69) is 22.1 Å². The van der Waals surface area contributed by atoms with Crippen LogP contribution in [0.4, 0.5) is 0 Å². The molecule has 18 heavy (non-hydrogen) atoms. The summed E-state index contributed by atoms with van der Waals surface area (Å²) >= 11 is 1.45. The lowest BCUT2D eigenvalue weighted by atomic mass is 10.0. The summed E-state index contributed by atoms with van der Waals surface area (Å²) in [5, 5.41) is 3.90. The summed E-state index contributed by atoms with van der Waals surface area (Å²) in [6.45, 7) is 7.02. The van der Waals surface area contributed by atoms with Crippen molar-refractivity contribution in [3.63, 3.8) is 0 Å². The fourth-order valence-electron chi connectivity index (χ4n) is 2.36. The van der Waals surface area contributed by atoms with Crippen LogP contribution in [-0.2, 0) is 0 Å². The van der Waals surface area contributed by atoms with Crippen LogP contribution in [0.25, 0.3) is 0 Å². The summed E-state index contributed by atoms with van der Waals surface area (Å²) in [7, 11) is 0. The van der Waals surface area contributed by atoms with Gasteiger partial charge in [0.05, 0.1) is 11.2 Å². The molecule has 2 heterocycles. The zero-order valence-corrected chi connectivity index (χ0v) is 11.9. The Morgan fingerprint density at radius 1 is 1.61 bits per heavy atom. The number of nitrogens with one attached hydrogen (secondary N) is 1. The molecule has 0 aromatic carbocycles. The molecule has 1 atom stereocenters. The fraction of sp³-hybridized carbons (Fsp3) is 0.692. The Morgan fingerprint density at radius 2 is 2.44 bits per heavy atom. The van der Waals surface area contributed by atoms with Crippen molar-refractivity contribution >= 4 is 17.2 Å². The van der Waals surface area contributed by atoms with E-state index in [4.69, 9.17) is 0 Å². The number of likely N-dealkylation sites (tertiary alicyclic amines) is 1. The van der Waals surface area contributed by atoms with E-state index in [1.165, 1.54) is 30.6 Å². The smallest absolute Gasteiger partial charge is 0.263 e. The van der Waals surface area contributed by atoms with Gasteiger partial charge in [0.25, 0.3) is 5.91 Å². The van der Waals surface area contributed by atoms with Crippen LogP contribution in [-0.4, -0.2) is 41.5 Å². The van der Waals surface area contributed by atoms with Crippen LogP contribution >= 0.6 is 11.3 Å². The molecule has 0 saturated carbocycles. The highest BCUT2D eigenvalue weighted by Crippen LogP contribution is 2.15. The standard InChI is InChI=1S/C13H21N3OS/c1-10-5-3-4-7-16(10)8-6-14-13(17)12-9-15-11(2)18-12/h9-10H,3-8H2,1-2H3,(H,14,17)/t10-/m0/s1. The third-order valence-electron chi connectivity index (χ3n) is 3.47. The number of carbonyl (C=O) groups is 1. The van der Waals surface area contributed by atoms with Crippen molar-refractivity contribution in [2.75, 3.05) is 19.6 Å². The number of rotatable bonds is 4. The first-order valence-corrected chi connectivity index (χ1v) is 7.43. The van der Waals surface area contributed by atoms with Gasteiger partial charge in [-0.15, -0.1) is 11.3 Å². The number of aromatic nitrogens is 1. The first-order valence-electron chi connectivity index (χ1n) is 6.61. The van der Waals surface area contributed by atoms with Crippen molar-refractivity contribution < 1.29 is 4.79 Å². The van der Waals surface area contributed by atoms with Crippen molar-refractivity contribution in [3.8, 4) is 0 Å². The molecule has 1 aliphatic rings. The average molecular weight is 267 g/mol. The van der Waals surface area contributed by atoms with Crippen LogP contribution in [0.3, 0.4) is 0 Å². The maximum Gasteiger partial charge on any atom is 0.263 e. The van der Waals surface area contributed by atoms with Gasteiger partial charge in [0.2, 0.25) is 0 Å². The lowest BCUT2D eigenvalue weighted by Crippen LogP contribution is -2.42. The summed E-state index contributed by atoms with van der Waals surface area (Å²) in [5.74, 6) is 0.00487. The molecule has 0 bridgehead atoms. The normalized spacial score (nSPS) is 20.9. The predicted octanol–water partition coefficient (Wildman–Crippen LogP) is 2.06. The molecular formula is C13H21N3OS. The van der Waals surface area contributed by atoms with E-state index >= 15 is 0 Å². The minimum atomic E-state index is 0.00487. The van der Waals surface area contributed by atoms with Crippen LogP contribution in [0.1, 0.15) is 40.9 Å². The van der Waals surface area contributed by atoms with Gasteiger partial charge in [-0.2, -0.15) is 0 Å². The number of thiazole rings is 1. The first kappa shape index (κ1) is 13.5. The van der Waals surface area contributed by atoms with Crippen molar-refractivity contribution in [1.82, 2.24) is 15.2 Å².